The van der Waals surface area contributed by atoms with E-state index < -0.39 is 0 Å². The molecule has 338 valence electrons. The van der Waals surface area contributed by atoms with E-state index in [-0.39, 0.29) is 28.4 Å². The molecule has 8 aromatic rings. The molecule has 0 saturated heterocycles. The maximum absolute atomic E-state index is 2.67. The van der Waals surface area contributed by atoms with Crippen LogP contribution in [0.1, 0.15) is 110 Å². The van der Waals surface area contributed by atoms with Gasteiger partial charge in [-0.15, -0.1) is 0 Å². The van der Waals surface area contributed by atoms with Crippen molar-refractivity contribution in [3.63, 3.8) is 0 Å². The lowest BCUT2D eigenvalue weighted by Crippen LogP contribution is -2.62. The molecule has 0 bridgehead atoms. The number of hydrogen-bond donors (Lipinski definition) is 0. The first-order chi connectivity index (χ1) is 32.4. The van der Waals surface area contributed by atoms with Crippen LogP contribution in [0.4, 0.5) is 34.1 Å². The molecule has 3 heteroatoms. The van der Waals surface area contributed by atoms with Crippen molar-refractivity contribution in [1.82, 2.24) is 0 Å². The first-order valence-corrected chi connectivity index (χ1v) is 24.9. The van der Waals surface area contributed by atoms with E-state index in [0.717, 1.165) is 12.8 Å². The van der Waals surface area contributed by atoms with Gasteiger partial charge in [0, 0.05) is 34.0 Å². The van der Waals surface area contributed by atoms with E-state index in [2.05, 4.69) is 256 Å². The predicted molar refractivity (Wildman–Crippen MR) is 294 cm³/mol. The summed E-state index contributed by atoms with van der Waals surface area (Å²) in [5, 5.41) is 0. The highest BCUT2D eigenvalue weighted by Crippen LogP contribution is 2.52. The maximum atomic E-state index is 2.67. The van der Waals surface area contributed by atoms with Gasteiger partial charge < -0.3 is 9.80 Å². The predicted octanol–water partition coefficient (Wildman–Crippen LogP) is 16.0. The topological polar surface area (TPSA) is 6.48 Å². The molecule has 0 radical (unpaired) electrons. The van der Waals surface area contributed by atoms with Gasteiger partial charge in [-0.2, -0.15) is 0 Å². The Labute approximate surface area is 406 Å². The average molecular weight is 885 g/mol. The fraction of sp³-hybridized carbons (Fsp3) is 0.262. The summed E-state index contributed by atoms with van der Waals surface area (Å²) in [6.45, 7) is 26.3. The molecule has 3 aliphatic rings. The Kier molecular flexibility index (Phi) is 10.2. The van der Waals surface area contributed by atoms with Crippen molar-refractivity contribution in [1.29, 1.82) is 0 Å². The fourth-order valence-electron chi connectivity index (χ4n) is 11.6. The molecule has 0 atom stereocenters. The maximum Gasteiger partial charge on any atom is 0.252 e. The van der Waals surface area contributed by atoms with Crippen LogP contribution in [0, 0.1) is 6.92 Å². The van der Waals surface area contributed by atoms with Crippen molar-refractivity contribution in [2.24, 2.45) is 0 Å². The lowest BCUT2D eigenvalue weighted by atomic mass is 9.33. The smallest absolute Gasteiger partial charge is 0.252 e. The molecular formula is C65H65BN2. The van der Waals surface area contributed by atoms with Crippen LogP contribution in [0.5, 0.6) is 0 Å². The third-order valence-corrected chi connectivity index (χ3v) is 15.7. The zero-order valence-corrected chi connectivity index (χ0v) is 42.1. The molecule has 2 heterocycles. The number of fused-ring (bicyclic) bond motifs is 5. The molecule has 0 unspecified atom stereocenters. The van der Waals surface area contributed by atoms with Gasteiger partial charge in [-0.05, 0) is 162 Å². The van der Waals surface area contributed by atoms with Crippen molar-refractivity contribution < 1.29 is 0 Å². The summed E-state index contributed by atoms with van der Waals surface area (Å²) in [7, 11) is 0. The normalized spacial score (nSPS) is 15.6. The third-order valence-electron chi connectivity index (χ3n) is 15.7. The second-order valence-electron chi connectivity index (χ2n) is 23.4. The van der Waals surface area contributed by atoms with Crippen LogP contribution in [0.15, 0.2) is 170 Å². The summed E-state index contributed by atoms with van der Waals surface area (Å²) in [6, 6.07) is 65.0. The van der Waals surface area contributed by atoms with E-state index in [1.165, 1.54) is 112 Å². The van der Waals surface area contributed by atoms with Gasteiger partial charge in [-0.25, -0.2) is 0 Å². The Hall–Kier alpha value is -6.58. The Morgan fingerprint density at radius 1 is 0.397 bits per heavy atom. The van der Waals surface area contributed by atoms with Crippen LogP contribution in [0.3, 0.4) is 0 Å². The van der Waals surface area contributed by atoms with Crippen molar-refractivity contribution in [2.75, 3.05) is 9.80 Å². The highest BCUT2D eigenvalue weighted by molar-refractivity contribution is 7.00. The summed E-state index contributed by atoms with van der Waals surface area (Å²) >= 11 is 0. The van der Waals surface area contributed by atoms with E-state index in [4.69, 9.17) is 0 Å². The van der Waals surface area contributed by atoms with E-state index in [1.807, 2.05) is 0 Å². The van der Waals surface area contributed by atoms with Gasteiger partial charge in [0.1, 0.15) is 0 Å². The van der Waals surface area contributed by atoms with Gasteiger partial charge >= 0.3 is 0 Å². The lowest BCUT2D eigenvalue weighted by Gasteiger charge is -2.48. The first kappa shape index (κ1) is 44.0. The molecule has 2 aliphatic heterocycles. The summed E-state index contributed by atoms with van der Waals surface area (Å²) in [6.07, 6.45) is 2.32. The lowest BCUT2D eigenvalue weighted by molar-refractivity contribution is 0.332. The van der Waals surface area contributed by atoms with Crippen molar-refractivity contribution in [3.05, 3.63) is 198 Å². The Balaban J connectivity index is 1.28. The molecule has 11 rings (SSSR count). The van der Waals surface area contributed by atoms with Crippen LogP contribution in [0.25, 0.3) is 33.4 Å². The number of anilines is 6. The molecule has 0 spiro atoms. The average Bonchev–Trinajstić information content (AvgIpc) is 3.32. The van der Waals surface area contributed by atoms with Crippen molar-refractivity contribution in [2.45, 2.75) is 111 Å². The molecule has 0 saturated carbocycles. The molecule has 1 aliphatic carbocycles. The Morgan fingerprint density at radius 2 is 0.868 bits per heavy atom. The van der Waals surface area contributed by atoms with Crippen LogP contribution >= 0.6 is 0 Å². The standard InChI is InChI=1S/C65H65BN2/c1-42-35-46(43-21-15-12-16-22-43)27-30-55(42)67-58-41-52-51(64(8,9)33-34-65(52,10)11)40-54(58)66-53-36-47(44-23-17-13-18-24-44)28-31-57(53)68(60-39-49(63(5,6)7)38-59(67)61(60)66)56-32-29-48(62(2,3)4)37-50(56)45-25-19-14-20-26-45/h12-32,35-41H,33-34H2,1-11H3. The molecule has 2 nitrogen and oxygen atoms in total. The molecule has 0 amide bonds. The minimum absolute atomic E-state index is 0.0146. The van der Waals surface area contributed by atoms with E-state index in [1.54, 1.807) is 0 Å². The summed E-state index contributed by atoms with van der Waals surface area (Å²) in [5.41, 5.74) is 25.7. The summed E-state index contributed by atoms with van der Waals surface area (Å²) < 4.78 is 0. The zero-order chi connectivity index (χ0) is 47.5. The summed E-state index contributed by atoms with van der Waals surface area (Å²) in [4.78, 5) is 5.32. The van der Waals surface area contributed by atoms with E-state index in [9.17, 15) is 0 Å². The molecule has 8 aromatic carbocycles. The van der Waals surface area contributed by atoms with Crippen LogP contribution in [0.2, 0.25) is 0 Å². The van der Waals surface area contributed by atoms with Gasteiger partial charge in [-0.3, -0.25) is 0 Å². The molecular weight excluding hydrogens is 820 g/mol. The molecule has 0 N–H and O–H groups in total. The largest absolute Gasteiger partial charge is 0.311 e. The van der Waals surface area contributed by atoms with Crippen LogP contribution in [-0.2, 0) is 21.7 Å². The Bertz CT molecular complexity index is 3260. The van der Waals surface area contributed by atoms with Gasteiger partial charge in [0.05, 0.1) is 5.69 Å². The highest BCUT2D eigenvalue weighted by Gasteiger charge is 2.47. The number of nitrogens with zero attached hydrogens (tertiary/aromatic N) is 2. The van der Waals surface area contributed by atoms with E-state index >= 15 is 0 Å². The van der Waals surface area contributed by atoms with Gasteiger partial charge in [0.2, 0.25) is 0 Å². The van der Waals surface area contributed by atoms with E-state index in [0.29, 0.717) is 0 Å². The number of rotatable bonds is 5. The third kappa shape index (κ3) is 7.24. The highest BCUT2D eigenvalue weighted by atomic mass is 15.2. The quantitative estimate of drug-likeness (QED) is 0.159. The summed E-state index contributed by atoms with van der Waals surface area (Å²) in [5.74, 6) is 0. The van der Waals surface area contributed by atoms with Crippen LogP contribution in [-0.4, -0.2) is 6.71 Å². The van der Waals surface area contributed by atoms with Crippen molar-refractivity contribution in [3.8, 4) is 33.4 Å². The molecule has 0 fully saturated rings. The van der Waals surface area contributed by atoms with Gasteiger partial charge in [0.15, 0.2) is 0 Å². The van der Waals surface area contributed by atoms with Crippen molar-refractivity contribution >= 4 is 57.2 Å². The molecule has 68 heavy (non-hydrogen) atoms. The second-order valence-corrected chi connectivity index (χ2v) is 23.4. The number of hydrogen-bond acceptors (Lipinski definition) is 2. The number of aryl methyl sites for hydroxylation is 1. The Morgan fingerprint density at radius 3 is 1.41 bits per heavy atom. The molecule has 0 aromatic heterocycles. The van der Waals surface area contributed by atoms with Gasteiger partial charge in [0.25, 0.3) is 6.71 Å². The minimum Gasteiger partial charge on any atom is -0.311 e. The van der Waals surface area contributed by atoms with Crippen LogP contribution < -0.4 is 26.2 Å². The second kappa shape index (κ2) is 15.7. The number of benzene rings is 8. The zero-order valence-electron chi connectivity index (χ0n) is 42.1. The SMILES string of the molecule is Cc1cc(-c2ccccc2)ccc1N1c2cc3c(cc2B2c4cc(-c5ccccc5)ccc4N(c4ccc(C(C)(C)C)cc4-c4ccccc4)c4cc(C(C)(C)C)cc1c42)C(C)(C)CCC3(C)C. The first-order valence-electron chi connectivity index (χ1n) is 24.9. The fourth-order valence-corrected chi connectivity index (χ4v) is 11.6. The van der Waals surface area contributed by atoms with Gasteiger partial charge in [-0.1, -0.05) is 191 Å². The monoisotopic (exact) mass is 885 g/mol. The minimum atomic E-state index is -0.136.